The van der Waals surface area contributed by atoms with Crippen LogP contribution in [-0.4, -0.2) is 18.2 Å². The minimum absolute atomic E-state index is 0.117. The van der Waals surface area contributed by atoms with Crippen molar-refractivity contribution in [1.29, 1.82) is 0 Å². The van der Waals surface area contributed by atoms with Crippen LogP contribution in [0.5, 0.6) is 0 Å². The van der Waals surface area contributed by atoms with Gasteiger partial charge in [0.15, 0.2) is 0 Å². The van der Waals surface area contributed by atoms with Crippen molar-refractivity contribution in [2.45, 2.75) is 6.61 Å². The number of thiophene rings is 1. The average Bonchev–Trinajstić information content (AvgIpc) is 2.50. The van der Waals surface area contributed by atoms with Crippen molar-refractivity contribution < 1.29 is 14.6 Å². The number of carbonyl (C=O) groups is 1. The summed E-state index contributed by atoms with van der Waals surface area (Å²) in [6.07, 6.45) is 0. The van der Waals surface area contributed by atoms with Crippen molar-refractivity contribution in [3.63, 3.8) is 0 Å². The minimum atomic E-state index is -0.393. The zero-order valence-electron chi connectivity index (χ0n) is 6.03. The van der Waals surface area contributed by atoms with E-state index in [1.165, 1.54) is 18.4 Å². The van der Waals surface area contributed by atoms with Crippen LogP contribution in [0.1, 0.15) is 15.9 Å². The Hall–Kier alpha value is -0.870. The van der Waals surface area contributed by atoms with Gasteiger partial charge < -0.3 is 9.84 Å². The maximum Gasteiger partial charge on any atom is 0.339 e. The van der Waals surface area contributed by atoms with Crippen molar-refractivity contribution in [2.75, 3.05) is 7.11 Å². The van der Waals surface area contributed by atoms with Crippen LogP contribution in [0.2, 0.25) is 0 Å². The maximum atomic E-state index is 10.9. The number of rotatable bonds is 2. The Labute approximate surface area is 68.2 Å². The molecule has 4 heteroatoms. The molecule has 1 rings (SSSR count). The molecule has 1 aromatic rings. The van der Waals surface area contributed by atoms with Gasteiger partial charge in [0.1, 0.15) is 0 Å². The molecule has 0 aromatic carbocycles. The zero-order chi connectivity index (χ0) is 8.27. The van der Waals surface area contributed by atoms with Crippen molar-refractivity contribution in [3.8, 4) is 0 Å². The summed E-state index contributed by atoms with van der Waals surface area (Å²) in [5.41, 5.74) is 1.09. The Kier molecular flexibility index (Phi) is 2.62. The lowest BCUT2D eigenvalue weighted by Gasteiger charge is -1.97. The Morgan fingerprint density at radius 3 is 3.00 bits per heavy atom. The molecular weight excluding hydrogens is 164 g/mol. The minimum Gasteiger partial charge on any atom is -0.465 e. The van der Waals surface area contributed by atoms with E-state index < -0.39 is 5.97 Å². The van der Waals surface area contributed by atoms with E-state index in [-0.39, 0.29) is 6.61 Å². The molecule has 0 bridgehead atoms. The highest BCUT2D eigenvalue weighted by atomic mass is 32.1. The van der Waals surface area contributed by atoms with E-state index >= 15 is 0 Å². The normalized spacial score (nSPS) is 9.64. The molecule has 1 heterocycles. The fourth-order valence-electron chi connectivity index (χ4n) is 0.735. The smallest absolute Gasteiger partial charge is 0.339 e. The Balaban J connectivity index is 2.92. The average molecular weight is 172 g/mol. The number of aliphatic hydroxyl groups is 1. The summed E-state index contributed by atoms with van der Waals surface area (Å²) in [7, 11) is 1.32. The van der Waals surface area contributed by atoms with Crippen LogP contribution in [0, 0.1) is 0 Å². The molecule has 0 aliphatic rings. The molecule has 11 heavy (non-hydrogen) atoms. The fraction of sp³-hybridized carbons (Fsp3) is 0.286. The number of esters is 1. The van der Waals surface area contributed by atoms with E-state index in [4.69, 9.17) is 5.11 Å². The second-order valence-corrected chi connectivity index (χ2v) is 2.70. The van der Waals surface area contributed by atoms with E-state index in [1.54, 1.807) is 10.8 Å². The highest BCUT2D eigenvalue weighted by Crippen LogP contribution is 2.15. The molecule has 0 aliphatic heterocycles. The van der Waals surface area contributed by atoms with E-state index in [0.29, 0.717) is 11.1 Å². The van der Waals surface area contributed by atoms with Crippen LogP contribution in [0.4, 0.5) is 0 Å². The van der Waals surface area contributed by atoms with Gasteiger partial charge in [-0.1, -0.05) is 0 Å². The van der Waals surface area contributed by atoms with Gasteiger partial charge in [0.2, 0.25) is 0 Å². The summed E-state index contributed by atoms with van der Waals surface area (Å²) in [4.78, 5) is 10.9. The predicted molar refractivity (Wildman–Crippen MR) is 41.6 cm³/mol. The molecule has 0 aliphatic carbocycles. The summed E-state index contributed by atoms with van der Waals surface area (Å²) in [6.45, 7) is -0.117. The number of carbonyl (C=O) groups excluding carboxylic acids is 1. The van der Waals surface area contributed by atoms with Gasteiger partial charge in [-0.15, -0.1) is 0 Å². The first-order chi connectivity index (χ1) is 5.29. The summed E-state index contributed by atoms with van der Waals surface area (Å²) in [5.74, 6) is -0.393. The molecular formula is C7H8O3S. The molecule has 0 saturated carbocycles. The number of hydrogen-bond donors (Lipinski definition) is 1. The molecule has 0 amide bonds. The van der Waals surface area contributed by atoms with Crippen LogP contribution in [0.15, 0.2) is 10.8 Å². The zero-order valence-corrected chi connectivity index (χ0v) is 6.85. The van der Waals surface area contributed by atoms with E-state index in [0.717, 1.165) is 0 Å². The summed E-state index contributed by atoms with van der Waals surface area (Å²) in [5, 5.41) is 12.1. The summed E-state index contributed by atoms with van der Waals surface area (Å²) < 4.78 is 4.49. The quantitative estimate of drug-likeness (QED) is 0.678. The Morgan fingerprint density at radius 2 is 2.45 bits per heavy atom. The van der Waals surface area contributed by atoms with Gasteiger partial charge in [0.25, 0.3) is 0 Å². The van der Waals surface area contributed by atoms with Crippen LogP contribution >= 0.6 is 11.3 Å². The molecule has 60 valence electrons. The Bertz CT molecular complexity index is 254. The lowest BCUT2D eigenvalue weighted by Crippen LogP contribution is -2.02. The third kappa shape index (κ3) is 1.58. The molecule has 1 aromatic heterocycles. The number of aliphatic hydroxyl groups excluding tert-OH is 1. The van der Waals surface area contributed by atoms with Crippen molar-refractivity contribution in [3.05, 3.63) is 21.9 Å². The lowest BCUT2D eigenvalue weighted by atomic mass is 10.2. The molecule has 3 nitrogen and oxygen atoms in total. The van der Waals surface area contributed by atoms with Gasteiger partial charge >= 0.3 is 5.97 Å². The number of ether oxygens (including phenoxy) is 1. The monoisotopic (exact) mass is 172 g/mol. The first-order valence-corrected chi connectivity index (χ1v) is 3.98. The van der Waals surface area contributed by atoms with Crippen LogP contribution in [-0.2, 0) is 11.3 Å². The van der Waals surface area contributed by atoms with E-state index in [1.807, 2.05) is 0 Å². The topological polar surface area (TPSA) is 46.5 Å². The van der Waals surface area contributed by atoms with E-state index in [2.05, 4.69) is 4.74 Å². The van der Waals surface area contributed by atoms with Gasteiger partial charge in [0.05, 0.1) is 19.3 Å². The van der Waals surface area contributed by atoms with Crippen molar-refractivity contribution in [2.24, 2.45) is 0 Å². The first kappa shape index (κ1) is 8.23. The third-order valence-corrected chi connectivity index (χ3v) is 2.11. The predicted octanol–water partition coefficient (Wildman–Crippen LogP) is 1.03. The second kappa shape index (κ2) is 3.50. The van der Waals surface area contributed by atoms with Crippen LogP contribution in [0.25, 0.3) is 0 Å². The molecule has 0 radical (unpaired) electrons. The van der Waals surface area contributed by atoms with Crippen molar-refractivity contribution >= 4 is 17.3 Å². The highest BCUT2D eigenvalue weighted by molar-refractivity contribution is 7.08. The van der Waals surface area contributed by atoms with Gasteiger partial charge in [-0.3, -0.25) is 0 Å². The SMILES string of the molecule is COC(=O)c1cscc1CO. The molecule has 1 N–H and O–H groups in total. The number of methoxy groups -OCH3 is 1. The molecule has 0 spiro atoms. The molecule has 0 unspecified atom stereocenters. The van der Waals surface area contributed by atoms with Crippen LogP contribution < -0.4 is 0 Å². The molecule has 0 atom stereocenters. The van der Waals surface area contributed by atoms with E-state index in [9.17, 15) is 4.79 Å². The van der Waals surface area contributed by atoms with Gasteiger partial charge in [0, 0.05) is 10.9 Å². The largest absolute Gasteiger partial charge is 0.465 e. The van der Waals surface area contributed by atoms with Gasteiger partial charge in [-0.25, -0.2) is 4.79 Å². The Morgan fingerprint density at radius 1 is 1.73 bits per heavy atom. The molecule has 0 saturated heterocycles. The highest BCUT2D eigenvalue weighted by Gasteiger charge is 2.10. The third-order valence-electron chi connectivity index (χ3n) is 1.32. The maximum absolute atomic E-state index is 10.9. The second-order valence-electron chi connectivity index (χ2n) is 1.96. The number of hydrogen-bond acceptors (Lipinski definition) is 4. The van der Waals surface area contributed by atoms with Gasteiger partial charge in [-0.05, 0) is 5.38 Å². The van der Waals surface area contributed by atoms with Crippen LogP contribution in [0.3, 0.4) is 0 Å². The summed E-state index contributed by atoms with van der Waals surface area (Å²) in [6, 6.07) is 0. The fourth-order valence-corrected chi connectivity index (χ4v) is 1.55. The molecule has 0 fully saturated rings. The lowest BCUT2D eigenvalue weighted by molar-refractivity contribution is 0.0598. The van der Waals surface area contributed by atoms with Gasteiger partial charge in [-0.2, -0.15) is 11.3 Å². The van der Waals surface area contributed by atoms with Crippen molar-refractivity contribution in [1.82, 2.24) is 0 Å². The summed E-state index contributed by atoms with van der Waals surface area (Å²) >= 11 is 1.37. The first-order valence-electron chi connectivity index (χ1n) is 3.04. The standard InChI is InChI=1S/C7H8O3S/c1-10-7(9)6-4-11-3-5(6)2-8/h3-4,8H,2H2,1H3.